The zero-order valence-corrected chi connectivity index (χ0v) is 16.0. The number of benzene rings is 1. The standard InChI is InChI=1S/C22H27N3O3/c26-22(27)18-6-9-23-15-21(18)28-13-12-25-10-7-17(8-11-25)24-20-14-19(20)16-4-2-1-3-5-16/h1-6,9,15,17,19-20,24H,7-8,10-14H2,(H,26,27)/t19-,20+/m0/s1. The molecule has 4 rings (SSSR count). The maximum atomic E-state index is 11.2. The topological polar surface area (TPSA) is 74.7 Å². The van der Waals surface area contributed by atoms with E-state index in [0.29, 0.717) is 30.4 Å². The number of hydrogen-bond donors (Lipinski definition) is 2. The van der Waals surface area contributed by atoms with Gasteiger partial charge in [-0.1, -0.05) is 30.3 Å². The minimum Gasteiger partial charge on any atom is -0.490 e. The third kappa shape index (κ3) is 4.69. The van der Waals surface area contributed by atoms with Gasteiger partial charge in [-0.05, 0) is 44.0 Å². The lowest BCUT2D eigenvalue weighted by atomic mass is 10.0. The Hall–Kier alpha value is -2.44. The van der Waals surface area contributed by atoms with Gasteiger partial charge in [-0.25, -0.2) is 4.79 Å². The van der Waals surface area contributed by atoms with E-state index in [-0.39, 0.29) is 5.56 Å². The number of nitrogens with one attached hydrogen (secondary N) is 1. The lowest BCUT2D eigenvalue weighted by Gasteiger charge is -2.32. The van der Waals surface area contributed by atoms with E-state index >= 15 is 0 Å². The molecule has 2 fully saturated rings. The fraction of sp³-hybridized carbons (Fsp3) is 0.455. The number of aromatic carboxylic acids is 1. The summed E-state index contributed by atoms with van der Waals surface area (Å²) >= 11 is 0. The van der Waals surface area contributed by atoms with Gasteiger partial charge in [0, 0.05) is 30.7 Å². The third-order valence-corrected chi connectivity index (χ3v) is 5.74. The van der Waals surface area contributed by atoms with Gasteiger partial charge in [0.25, 0.3) is 0 Å². The Morgan fingerprint density at radius 1 is 1.21 bits per heavy atom. The van der Waals surface area contributed by atoms with Gasteiger partial charge in [0.2, 0.25) is 0 Å². The number of ether oxygens (including phenoxy) is 1. The maximum Gasteiger partial charge on any atom is 0.339 e. The van der Waals surface area contributed by atoms with E-state index < -0.39 is 5.97 Å². The molecule has 28 heavy (non-hydrogen) atoms. The van der Waals surface area contributed by atoms with Crippen LogP contribution in [0.3, 0.4) is 0 Å². The molecule has 1 aromatic carbocycles. The van der Waals surface area contributed by atoms with Crippen LogP contribution >= 0.6 is 0 Å². The number of nitrogens with zero attached hydrogens (tertiary/aromatic N) is 2. The molecule has 1 aromatic heterocycles. The summed E-state index contributed by atoms with van der Waals surface area (Å²) in [5.41, 5.74) is 1.61. The molecular weight excluding hydrogens is 354 g/mol. The van der Waals surface area contributed by atoms with Gasteiger partial charge in [-0.2, -0.15) is 0 Å². The van der Waals surface area contributed by atoms with Crippen LogP contribution in [0.15, 0.2) is 48.8 Å². The van der Waals surface area contributed by atoms with Gasteiger partial charge in [0.15, 0.2) is 5.75 Å². The number of carbonyl (C=O) groups is 1. The highest BCUT2D eigenvalue weighted by molar-refractivity contribution is 5.90. The zero-order valence-electron chi connectivity index (χ0n) is 16.0. The molecule has 6 nitrogen and oxygen atoms in total. The number of aromatic nitrogens is 1. The molecule has 1 aliphatic heterocycles. The Morgan fingerprint density at radius 2 is 2.00 bits per heavy atom. The fourth-order valence-electron chi connectivity index (χ4n) is 4.03. The fourth-order valence-corrected chi connectivity index (χ4v) is 4.03. The molecule has 2 aliphatic rings. The van der Waals surface area contributed by atoms with Gasteiger partial charge < -0.3 is 15.2 Å². The molecule has 1 saturated carbocycles. The molecule has 0 bridgehead atoms. The first kappa shape index (κ1) is 18.9. The predicted octanol–water partition coefficient (Wildman–Crippen LogP) is 2.77. The van der Waals surface area contributed by atoms with Gasteiger partial charge >= 0.3 is 5.97 Å². The summed E-state index contributed by atoms with van der Waals surface area (Å²) in [6.07, 6.45) is 6.47. The molecule has 2 atom stereocenters. The van der Waals surface area contributed by atoms with Crippen LogP contribution in [0.1, 0.15) is 41.1 Å². The van der Waals surface area contributed by atoms with Gasteiger partial charge in [0.05, 0.1) is 6.20 Å². The highest BCUT2D eigenvalue weighted by Crippen LogP contribution is 2.41. The largest absolute Gasteiger partial charge is 0.490 e. The molecule has 2 heterocycles. The number of pyridine rings is 1. The van der Waals surface area contributed by atoms with E-state index in [1.54, 1.807) is 0 Å². The van der Waals surface area contributed by atoms with Gasteiger partial charge in [-0.15, -0.1) is 0 Å². The van der Waals surface area contributed by atoms with Crippen LogP contribution in [0.25, 0.3) is 0 Å². The zero-order chi connectivity index (χ0) is 19.3. The molecule has 1 saturated heterocycles. The van der Waals surface area contributed by atoms with Crippen molar-refractivity contribution in [3.05, 3.63) is 59.9 Å². The highest BCUT2D eigenvalue weighted by Gasteiger charge is 2.39. The smallest absolute Gasteiger partial charge is 0.339 e. The van der Waals surface area contributed by atoms with E-state index in [9.17, 15) is 9.90 Å². The van der Waals surface area contributed by atoms with Crippen LogP contribution in [0, 0.1) is 0 Å². The number of piperidine rings is 1. The van der Waals surface area contributed by atoms with Crippen molar-refractivity contribution in [2.75, 3.05) is 26.2 Å². The van der Waals surface area contributed by atoms with E-state index in [1.165, 1.54) is 30.4 Å². The molecular formula is C22H27N3O3. The number of carboxylic acids is 1. The lowest BCUT2D eigenvalue weighted by molar-refractivity contribution is 0.0691. The predicted molar refractivity (Wildman–Crippen MR) is 107 cm³/mol. The number of carboxylic acid groups (broad SMARTS) is 1. The number of rotatable bonds is 8. The summed E-state index contributed by atoms with van der Waals surface area (Å²) < 4.78 is 5.67. The van der Waals surface area contributed by atoms with Crippen LogP contribution in [-0.4, -0.2) is 59.3 Å². The molecule has 0 unspecified atom stereocenters. The van der Waals surface area contributed by atoms with Crippen molar-refractivity contribution in [1.82, 2.24) is 15.2 Å². The van der Waals surface area contributed by atoms with Gasteiger partial charge in [0.1, 0.15) is 12.2 Å². The molecule has 2 N–H and O–H groups in total. The molecule has 2 aromatic rings. The molecule has 148 valence electrons. The van der Waals surface area contributed by atoms with Gasteiger partial charge in [-0.3, -0.25) is 9.88 Å². The highest BCUT2D eigenvalue weighted by atomic mass is 16.5. The first-order chi connectivity index (χ1) is 13.7. The van der Waals surface area contributed by atoms with Crippen LogP contribution in [-0.2, 0) is 0 Å². The quantitative estimate of drug-likeness (QED) is 0.732. The summed E-state index contributed by atoms with van der Waals surface area (Å²) in [6, 6.07) is 13.5. The van der Waals surface area contributed by atoms with Crippen molar-refractivity contribution >= 4 is 5.97 Å². The Balaban J connectivity index is 1.16. The van der Waals surface area contributed by atoms with Crippen molar-refractivity contribution in [3.63, 3.8) is 0 Å². The normalized spacial score (nSPS) is 22.7. The van der Waals surface area contributed by atoms with E-state index in [2.05, 4.69) is 45.5 Å². The van der Waals surface area contributed by atoms with E-state index in [1.807, 2.05) is 0 Å². The average Bonchev–Trinajstić information content (AvgIpc) is 3.49. The molecule has 0 spiro atoms. The summed E-state index contributed by atoms with van der Waals surface area (Å²) in [4.78, 5) is 17.5. The summed E-state index contributed by atoms with van der Waals surface area (Å²) in [6.45, 7) is 3.37. The van der Waals surface area contributed by atoms with Crippen molar-refractivity contribution < 1.29 is 14.6 Å². The SMILES string of the molecule is O=C(O)c1ccncc1OCCN1CCC(N[C@@H]2C[C@H]2c2ccccc2)CC1. The van der Waals surface area contributed by atoms with Crippen molar-refractivity contribution in [2.24, 2.45) is 0 Å². The van der Waals surface area contributed by atoms with Crippen LogP contribution in [0.2, 0.25) is 0 Å². The molecule has 1 aliphatic carbocycles. The first-order valence-electron chi connectivity index (χ1n) is 10.0. The van der Waals surface area contributed by atoms with Crippen molar-refractivity contribution in [1.29, 1.82) is 0 Å². The Kier molecular flexibility index (Phi) is 5.88. The summed E-state index contributed by atoms with van der Waals surface area (Å²) in [5.74, 6) is 0.0287. The lowest BCUT2D eigenvalue weighted by Crippen LogP contribution is -2.44. The van der Waals surface area contributed by atoms with Crippen LogP contribution in [0.4, 0.5) is 0 Å². The number of likely N-dealkylation sites (tertiary alicyclic amines) is 1. The average molecular weight is 381 g/mol. The maximum absolute atomic E-state index is 11.2. The number of hydrogen-bond acceptors (Lipinski definition) is 5. The second-order valence-electron chi connectivity index (χ2n) is 7.67. The summed E-state index contributed by atoms with van der Waals surface area (Å²) in [7, 11) is 0. The Labute approximate surface area is 165 Å². The van der Waals surface area contributed by atoms with E-state index in [0.717, 1.165) is 32.5 Å². The second-order valence-corrected chi connectivity index (χ2v) is 7.67. The minimum atomic E-state index is -0.988. The molecule has 0 radical (unpaired) electrons. The van der Waals surface area contributed by atoms with E-state index in [4.69, 9.17) is 4.74 Å². The van der Waals surface area contributed by atoms with Crippen LogP contribution in [0.5, 0.6) is 5.75 Å². The monoisotopic (exact) mass is 381 g/mol. The van der Waals surface area contributed by atoms with Crippen molar-refractivity contribution in [3.8, 4) is 5.75 Å². The minimum absolute atomic E-state index is 0.162. The Bertz CT molecular complexity index is 791. The van der Waals surface area contributed by atoms with Crippen molar-refractivity contribution in [2.45, 2.75) is 37.3 Å². The second kappa shape index (κ2) is 8.71. The Morgan fingerprint density at radius 3 is 2.75 bits per heavy atom. The third-order valence-electron chi connectivity index (χ3n) is 5.74. The summed E-state index contributed by atoms with van der Waals surface area (Å²) in [5, 5.41) is 13.0. The van der Waals surface area contributed by atoms with Crippen LogP contribution < -0.4 is 10.1 Å². The molecule has 0 amide bonds. The first-order valence-corrected chi connectivity index (χ1v) is 10.0. The molecule has 6 heteroatoms.